The highest BCUT2D eigenvalue weighted by Gasteiger charge is 2.22. The second-order valence-electron chi connectivity index (χ2n) is 13.5. The lowest BCUT2D eigenvalue weighted by Crippen LogP contribution is -2.55. The van der Waals surface area contributed by atoms with Gasteiger partial charge in [-0.05, 0) is 47.5 Å². The molecule has 3 aromatic heterocycles. The van der Waals surface area contributed by atoms with Crippen molar-refractivity contribution in [3.05, 3.63) is 140 Å². The summed E-state index contributed by atoms with van der Waals surface area (Å²) < 4.78 is 9.07. The van der Waals surface area contributed by atoms with E-state index in [1.54, 1.807) is 0 Å². The number of fused-ring (bicyclic) bond motifs is 6. The molecule has 0 bridgehead atoms. The smallest absolute Gasteiger partial charge is 0.167 e. The summed E-state index contributed by atoms with van der Waals surface area (Å²) in [4.78, 5) is 15.1. The second kappa shape index (κ2) is 12.8. The molecule has 0 atom stereocenters. The second-order valence-corrected chi connectivity index (χ2v) is 13.5. The van der Waals surface area contributed by atoms with E-state index >= 15 is 0 Å². The Kier molecular flexibility index (Phi) is 7.70. The normalized spacial score (nSPS) is 11.6. The first-order chi connectivity index (χ1) is 26.9. The molecule has 10 radical (unpaired) electrons. The molecule has 5 nitrogen and oxygen atoms in total. The van der Waals surface area contributed by atoms with E-state index in [9.17, 15) is 0 Å². The fourth-order valence-electron chi connectivity index (χ4n) is 7.69. The number of para-hydroxylation sites is 3. The van der Waals surface area contributed by atoms with Crippen molar-refractivity contribution in [1.29, 1.82) is 0 Å². The maximum atomic E-state index is 6.75. The number of aromatic nitrogens is 4. The Balaban J connectivity index is 1.19. The lowest BCUT2D eigenvalue weighted by atomic mass is 9.59. The molecule has 0 spiro atoms. The summed E-state index contributed by atoms with van der Waals surface area (Å²) in [7, 11) is 31.5. The average molecular weight is 690 g/mol. The number of hydrogen-bond donors (Lipinski definition) is 0. The molecule has 0 N–H and O–H groups in total. The summed E-state index contributed by atoms with van der Waals surface area (Å²) in [6.45, 7) is 0. The number of furan rings is 1. The molecule has 55 heavy (non-hydrogen) atoms. The predicted molar refractivity (Wildman–Crippen MR) is 230 cm³/mol. The quantitative estimate of drug-likeness (QED) is 0.224. The van der Waals surface area contributed by atoms with Crippen LogP contribution in [-0.2, 0) is 0 Å². The molecule has 244 valence electrons. The summed E-state index contributed by atoms with van der Waals surface area (Å²) >= 11 is 0. The van der Waals surface area contributed by atoms with E-state index in [1.807, 2.05) is 78.9 Å². The minimum atomic E-state index is 0.159. The first-order valence-electron chi connectivity index (χ1n) is 17.7. The third-order valence-electron chi connectivity index (χ3n) is 10.3. The molecule has 3 heterocycles. The van der Waals surface area contributed by atoms with Gasteiger partial charge in [0, 0.05) is 27.3 Å². The van der Waals surface area contributed by atoms with Crippen LogP contribution in [0, 0.1) is 0 Å². The van der Waals surface area contributed by atoms with Gasteiger partial charge in [0.15, 0.2) is 17.5 Å². The van der Waals surface area contributed by atoms with Gasteiger partial charge in [0.05, 0.1) is 27.7 Å². The summed E-state index contributed by atoms with van der Waals surface area (Å²) in [6.07, 6.45) is 0. The topological polar surface area (TPSA) is 56.7 Å². The summed E-state index contributed by atoms with van der Waals surface area (Å²) in [5.74, 6) is 1.40. The standard InChI is InChI=1S/C45H23B5N4O/c46-37-35(38(47)40(49)41(50)39(37)48)25-13-8-14-26(23-25)44-51-43(24-11-2-1-3-12-24)52-45(53-44)30-18-9-17-29-36-33(21-10-22-34(36)55-42(29)30)54-31-19-6-4-15-27(31)28-16-5-7-20-32(28)54/h1-23H. The fraction of sp³-hybridized carbons (Fsp3) is 0. The third kappa shape index (κ3) is 5.19. The molecule has 0 unspecified atom stereocenters. The molecular weight excluding hydrogens is 667 g/mol. The molecular formula is C45H23B5N4O. The zero-order valence-electron chi connectivity index (χ0n) is 29.4. The Morgan fingerprint density at radius 3 is 1.67 bits per heavy atom. The molecule has 0 saturated heterocycles. The van der Waals surface area contributed by atoms with Crippen LogP contribution >= 0.6 is 0 Å². The first-order valence-corrected chi connectivity index (χ1v) is 17.7. The lowest BCUT2D eigenvalue weighted by molar-refractivity contribution is 0.669. The van der Waals surface area contributed by atoms with Crippen molar-refractivity contribution in [3.63, 3.8) is 0 Å². The number of benzene rings is 7. The number of rotatable bonds is 5. The van der Waals surface area contributed by atoms with Crippen LogP contribution in [0.1, 0.15) is 0 Å². The van der Waals surface area contributed by atoms with Crippen molar-refractivity contribution in [2.75, 3.05) is 0 Å². The van der Waals surface area contributed by atoms with Crippen LogP contribution in [0.5, 0.6) is 0 Å². The molecule has 0 saturated carbocycles. The van der Waals surface area contributed by atoms with Crippen molar-refractivity contribution < 1.29 is 4.42 Å². The highest BCUT2D eigenvalue weighted by molar-refractivity contribution is 6.68. The van der Waals surface area contributed by atoms with Gasteiger partial charge in [0.2, 0.25) is 0 Å². The summed E-state index contributed by atoms with van der Waals surface area (Å²) in [6, 6.07) is 46.7. The molecule has 0 fully saturated rings. The van der Waals surface area contributed by atoms with Crippen LogP contribution in [0.4, 0.5) is 0 Å². The van der Waals surface area contributed by atoms with Gasteiger partial charge in [-0.1, -0.05) is 114 Å². The Morgan fingerprint density at radius 2 is 0.964 bits per heavy atom. The van der Waals surface area contributed by atoms with Crippen molar-refractivity contribution in [1.82, 2.24) is 19.5 Å². The van der Waals surface area contributed by atoms with Gasteiger partial charge in [0.1, 0.15) is 50.4 Å². The summed E-state index contributed by atoms with van der Waals surface area (Å²) in [5.41, 5.74) is 9.15. The fourth-order valence-corrected chi connectivity index (χ4v) is 7.69. The highest BCUT2D eigenvalue weighted by atomic mass is 16.3. The van der Waals surface area contributed by atoms with Gasteiger partial charge in [0.25, 0.3) is 0 Å². The monoisotopic (exact) mass is 690 g/mol. The van der Waals surface area contributed by atoms with Crippen LogP contribution in [0.25, 0.3) is 94.7 Å². The molecule has 10 heteroatoms. The van der Waals surface area contributed by atoms with E-state index in [4.69, 9.17) is 58.6 Å². The van der Waals surface area contributed by atoms with Crippen LogP contribution < -0.4 is 27.3 Å². The van der Waals surface area contributed by atoms with Gasteiger partial charge < -0.3 is 8.98 Å². The summed E-state index contributed by atoms with van der Waals surface area (Å²) in [5, 5.41) is 4.31. The van der Waals surface area contributed by atoms with Gasteiger partial charge >= 0.3 is 0 Å². The van der Waals surface area contributed by atoms with Gasteiger partial charge in [-0.15, -0.1) is 16.4 Å². The van der Waals surface area contributed by atoms with Crippen LogP contribution in [0.2, 0.25) is 0 Å². The molecule has 10 rings (SSSR count). The number of nitrogens with zero attached hydrogens (tertiary/aromatic N) is 4. The predicted octanol–water partition coefficient (Wildman–Crippen LogP) is 5.51. The van der Waals surface area contributed by atoms with E-state index in [0.29, 0.717) is 39.7 Å². The van der Waals surface area contributed by atoms with Crippen LogP contribution in [-0.4, -0.2) is 58.8 Å². The van der Waals surface area contributed by atoms with Crippen molar-refractivity contribution in [2.24, 2.45) is 0 Å². The highest BCUT2D eigenvalue weighted by Crippen LogP contribution is 2.41. The Bertz CT molecular complexity index is 3090. The zero-order valence-corrected chi connectivity index (χ0v) is 29.4. The minimum absolute atomic E-state index is 0.159. The van der Waals surface area contributed by atoms with Crippen molar-refractivity contribution >= 4 is 110 Å². The molecule has 0 aliphatic carbocycles. The Hall–Kier alpha value is -6.53. The largest absolute Gasteiger partial charge is 0.455 e. The molecule has 0 amide bonds. The zero-order chi connectivity index (χ0) is 37.4. The van der Waals surface area contributed by atoms with E-state index in [-0.39, 0.29) is 27.3 Å². The van der Waals surface area contributed by atoms with E-state index in [2.05, 4.69) is 65.2 Å². The lowest BCUT2D eigenvalue weighted by Gasteiger charge is -2.21. The third-order valence-corrected chi connectivity index (χ3v) is 10.3. The number of hydrogen-bond acceptors (Lipinski definition) is 4. The van der Waals surface area contributed by atoms with Gasteiger partial charge in [-0.25, -0.2) is 15.0 Å². The van der Waals surface area contributed by atoms with Gasteiger partial charge in [-0.3, -0.25) is 0 Å². The van der Waals surface area contributed by atoms with Gasteiger partial charge in [-0.2, -0.15) is 0 Å². The van der Waals surface area contributed by atoms with Crippen molar-refractivity contribution in [3.8, 4) is 51.0 Å². The molecule has 7 aromatic carbocycles. The van der Waals surface area contributed by atoms with Crippen LogP contribution in [0.15, 0.2) is 144 Å². The SMILES string of the molecule is [B]c1c([B])c([B])c(-c2cccc(-c3nc(-c4ccccc4)nc(-c4cccc5c4oc4cccc(-n6c7ccccc7c7ccccc76)c45)n3)c2)c([B])c1[B]. The van der Waals surface area contributed by atoms with E-state index in [1.165, 1.54) is 10.8 Å². The maximum absolute atomic E-state index is 6.75. The van der Waals surface area contributed by atoms with Crippen LogP contribution in [0.3, 0.4) is 0 Å². The minimum Gasteiger partial charge on any atom is -0.455 e. The molecule has 0 aliphatic rings. The van der Waals surface area contributed by atoms with Crippen molar-refractivity contribution in [2.45, 2.75) is 0 Å². The maximum Gasteiger partial charge on any atom is 0.167 e. The van der Waals surface area contributed by atoms with E-state index < -0.39 is 0 Å². The molecule has 0 aliphatic heterocycles. The van der Waals surface area contributed by atoms with E-state index in [0.717, 1.165) is 44.2 Å². The molecule has 10 aromatic rings. The average Bonchev–Trinajstić information content (AvgIpc) is 3.79. The Labute approximate surface area is 323 Å². The Morgan fingerprint density at radius 1 is 0.436 bits per heavy atom. The first kappa shape index (κ1) is 33.1.